The van der Waals surface area contributed by atoms with Crippen LogP contribution in [0.4, 0.5) is 0 Å². The van der Waals surface area contributed by atoms with Gasteiger partial charge < -0.3 is 10.4 Å². The Bertz CT molecular complexity index is 701. The van der Waals surface area contributed by atoms with Crippen molar-refractivity contribution in [2.45, 2.75) is 31.8 Å². The number of rotatable bonds is 3. The number of hydrogen-bond donors (Lipinski definition) is 2. The number of aliphatic hydroxyl groups is 1. The fraction of sp³-hybridized carbons (Fsp3) is 0.500. The predicted molar refractivity (Wildman–Crippen MR) is 79.6 cm³/mol. The Balaban J connectivity index is 1.67. The van der Waals surface area contributed by atoms with Gasteiger partial charge in [-0.25, -0.2) is 4.98 Å². The molecule has 2 aromatic rings. The average molecular weight is 307 g/mol. The molecule has 1 aliphatic rings. The lowest BCUT2D eigenvalue weighted by atomic mass is 9.87. The number of nitrogens with zero attached hydrogens (tertiary/aromatic N) is 2. The molecule has 0 radical (unpaired) electrons. The Morgan fingerprint density at radius 2 is 2.19 bits per heavy atom. The first-order chi connectivity index (χ1) is 10.1. The highest BCUT2D eigenvalue weighted by molar-refractivity contribution is 7.15. The number of thiazole rings is 1. The lowest BCUT2D eigenvalue weighted by molar-refractivity contribution is 0.0908. The Kier molecular flexibility index (Phi) is 4.03. The molecule has 2 aromatic heterocycles. The summed E-state index contributed by atoms with van der Waals surface area (Å²) < 4.78 is 1.39. The Labute approximate surface area is 125 Å². The summed E-state index contributed by atoms with van der Waals surface area (Å²) in [4.78, 5) is 29.0. The fourth-order valence-electron chi connectivity index (χ4n) is 2.66. The summed E-state index contributed by atoms with van der Waals surface area (Å²) in [5, 5.41) is 14.0. The van der Waals surface area contributed by atoms with E-state index in [-0.39, 0.29) is 23.1 Å². The molecule has 21 heavy (non-hydrogen) atoms. The molecular formula is C14H17N3O3S. The van der Waals surface area contributed by atoms with E-state index in [9.17, 15) is 14.7 Å². The number of carbonyl (C=O) groups excluding carboxylic acids is 1. The van der Waals surface area contributed by atoms with Crippen molar-refractivity contribution in [3.63, 3.8) is 0 Å². The topological polar surface area (TPSA) is 83.7 Å². The van der Waals surface area contributed by atoms with Crippen molar-refractivity contribution in [3.8, 4) is 0 Å². The average Bonchev–Trinajstić information content (AvgIpc) is 2.96. The van der Waals surface area contributed by atoms with Crippen LogP contribution < -0.4 is 10.9 Å². The lowest BCUT2D eigenvalue weighted by Gasteiger charge is -2.25. The second-order valence-corrected chi connectivity index (χ2v) is 6.29. The molecule has 1 amide bonds. The van der Waals surface area contributed by atoms with Gasteiger partial charge in [-0.2, -0.15) is 0 Å². The van der Waals surface area contributed by atoms with Gasteiger partial charge in [0, 0.05) is 24.3 Å². The highest BCUT2D eigenvalue weighted by Gasteiger charge is 2.21. The third-order valence-electron chi connectivity index (χ3n) is 3.95. The molecule has 7 heteroatoms. The summed E-state index contributed by atoms with van der Waals surface area (Å²) in [5.41, 5.74) is -0.264. The minimum Gasteiger partial charge on any atom is -0.393 e. The number of fused-ring (bicyclic) bond motifs is 1. The van der Waals surface area contributed by atoms with Crippen molar-refractivity contribution in [3.05, 3.63) is 33.7 Å². The van der Waals surface area contributed by atoms with Crippen LogP contribution in [0.1, 0.15) is 36.0 Å². The van der Waals surface area contributed by atoms with Crippen LogP contribution in [0.2, 0.25) is 0 Å². The maximum absolute atomic E-state index is 12.2. The molecular weight excluding hydrogens is 290 g/mol. The first-order valence-electron chi connectivity index (χ1n) is 7.06. The van der Waals surface area contributed by atoms with Gasteiger partial charge in [0.15, 0.2) is 4.96 Å². The Morgan fingerprint density at radius 3 is 2.95 bits per heavy atom. The summed E-state index contributed by atoms with van der Waals surface area (Å²) in [6.07, 6.45) is 6.14. The Morgan fingerprint density at radius 1 is 1.43 bits per heavy atom. The van der Waals surface area contributed by atoms with Crippen LogP contribution in [0.3, 0.4) is 0 Å². The molecule has 1 fully saturated rings. The van der Waals surface area contributed by atoms with Gasteiger partial charge in [0.25, 0.3) is 11.5 Å². The monoisotopic (exact) mass is 307 g/mol. The molecule has 112 valence electrons. The van der Waals surface area contributed by atoms with Crippen molar-refractivity contribution in [1.29, 1.82) is 0 Å². The van der Waals surface area contributed by atoms with Crippen molar-refractivity contribution >= 4 is 22.2 Å². The van der Waals surface area contributed by atoms with E-state index >= 15 is 0 Å². The molecule has 0 aliphatic heterocycles. The van der Waals surface area contributed by atoms with E-state index in [1.807, 2.05) is 0 Å². The van der Waals surface area contributed by atoms with Crippen molar-refractivity contribution < 1.29 is 9.90 Å². The van der Waals surface area contributed by atoms with Gasteiger partial charge >= 0.3 is 0 Å². The maximum Gasteiger partial charge on any atom is 0.271 e. The quantitative estimate of drug-likeness (QED) is 0.887. The molecule has 6 nitrogen and oxygen atoms in total. The highest BCUT2D eigenvalue weighted by atomic mass is 32.1. The Hall–Kier alpha value is -1.73. The second kappa shape index (κ2) is 5.95. The first kappa shape index (κ1) is 14.2. The standard InChI is InChI=1S/C14H17N3O3S/c18-10-3-1-9(2-4-10)7-15-12(19)11-8-16-14-17(13(11)20)5-6-21-14/h5-6,8-10,18H,1-4,7H2,(H,15,19). The van der Waals surface area contributed by atoms with Crippen LogP contribution in [-0.4, -0.2) is 33.0 Å². The van der Waals surface area contributed by atoms with Crippen LogP contribution in [0.25, 0.3) is 4.96 Å². The van der Waals surface area contributed by atoms with Crippen LogP contribution in [-0.2, 0) is 0 Å². The third kappa shape index (κ3) is 2.98. The van der Waals surface area contributed by atoms with E-state index in [1.54, 1.807) is 11.6 Å². The van der Waals surface area contributed by atoms with Gasteiger partial charge in [0.05, 0.1) is 6.10 Å². The second-order valence-electron chi connectivity index (χ2n) is 5.42. The summed E-state index contributed by atoms with van der Waals surface area (Å²) in [5.74, 6) is -0.00263. The van der Waals surface area contributed by atoms with E-state index in [2.05, 4.69) is 10.3 Å². The van der Waals surface area contributed by atoms with Crippen molar-refractivity contribution in [1.82, 2.24) is 14.7 Å². The fourth-order valence-corrected chi connectivity index (χ4v) is 3.34. The number of nitrogens with one attached hydrogen (secondary N) is 1. The van der Waals surface area contributed by atoms with Gasteiger partial charge in [0.1, 0.15) is 5.56 Å². The summed E-state index contributed by atoms with van der Waals surface area (Å²) in [6.45, 7) is 0.539. The summed E-state index contributed by atoms with van der Waals surface area (Å²) in [7, 11) is 0. The number of carbonyl (C=O) groups is 1. The highest BCUT2D eigenvalue weighted by Crippen LogP contribution is 2.23. The van der Waals surface area contributed by atoms with Gasteiger partial charge in [-0.1, -0.05) is 0 Å². The minimum atomic E-state index is -0.376. The van der Waals surface area contributed by atoms with E-state index in [4.69, 9.17) is 0 Å². The first-order valence-corrected chi connectivity index (χ1v) is 7.94. The molecule has 0 bridgehead atoms. The van der Waals surface area contributed by atoms with Crippen molar-refractivity contribution in [2.75, 3.05) is 6.54 Å². The molecule has 2 N–H and O–H groups in total. The largest absolute Gasteiger partial charge is 0.393 e. The normalized spacial score (nSPS) is 22.3. The van der Waals surface area contributed by atoms with Crippen LogP contribution >= 0.6 is 11.3 Å². The molecule has 0 saturated heterocycles. The molecule has 0 aromatic carbocycles. The van der Waals surface area contributed by atoms with Crippen LogP contribution in [0.5, 0.6) is 0 Å². The lowest BCUT2D eigenvalue weighted by Crippen LogP contribution is -2.35. The summed E-state index contributed by atoms with van der Waals surface area (Å²) in [6, 6.07) is 0. The number of amides is 1. The maximum atomic E-state index is 12.2. The molecule has 3 rings (SSSR count). The zero-order chi connectivity index (χ0) is 14.8. The molecule has 1 saturated carbocycles. The zero-order valence-corrected chi connectivity index (χ0v) is 12.3. The predicted octanol–water partition coefficient (Wildman–Crippen LogP) is 1.04. The SMILES string of the molecule is O=C(NCC1CCC(O)CC1)c1cnc2sccn2c1=O. The van der Waals surface area contributed by atoms with Gasteiger partial charge in [0.2, 0.25) is 0 Å². The van der Waals surface area contributed by atoms with E-state index in [0.717, 1.165) is 25.7 Å². The number of aliphatic hydroxyl groups excluding tert-OH is 1. The van der Waals surface area contributed by atoms with E-state index in [1.165, 1.54) is 21.9 Å². The van der Waals surface area contributed by atoms with Gasteiger partial charge in [-0.05, 0) is 31.6 Å². The van der Waals surface area contributed by atoms with Crippen LogP contribution in [0.15, 0.2) is 22.6 Å². The van der Waals surface area contributed by atoms with Crippen LogP contribution in [0, 0.1) is 5.92 Å². The zero-order valence-electron chi connectivity index (χ0n) is 11.5. The number of hydrogen-bond acceptors (Lipinski definition) is 5. The third-order valence-corrected chi connectivity index (χ3v) is 4.73. The minimum absolute atomic E-state index is 0.0711. The number of aromatic nitrogens is 2. The molecule has 0 atom stereocenters. The van der Waals surface area contributed by atoms with E-state index < -0.39 is 0 Å². The van der Waals surface area contributed by atoms with Gasteiger partial charge in [-0.3, -0.25) is 14.0 Å². The van der Waals surface area contributed by atoms with Crippen molar-refractivity contribution in [2.24, 2.45) is 5.92 Å². The summed E-state index contributed by atoms with van der Waals surface area (Å²) >= 11 is 1.35. The molecule has 0 spiro atoms. The molecule has 2 heterocycles. The molecule has 0 unspecified atom stereocenters. The smallest absolute Gasteiger partial charge is 0.271 e. The van der Waals surface area contributed by atoms with Gasteiger partial charge in [-0.15, -0.1) is 11.3 Å². The van der Waals surface area contributed by atoms with E-state index in [0.29, 0.717) is 17.4 Å². The molecule has 1 aliphatic carbocycles.